The summed E-state index contributed by atoms with van der Waals surface area (Å²) in [7, 11) is 2.11. The SMILES string of the molecule is CN1CCc2sc(C=C3C(=O)N4C(C(=O)O)=CSC34)cc2C1. The first-order valence-electron chi connectivity index (χ1n) is 6.99. The minimum atomic E-state index is -1.04. The maximum atomic E-state index is 12.2. The maximum Gasteiger partial charge on any atom is 0.353 e. The normalized spacial score (nSPS) is 25.8. The Morgan fingerprint density at radius 3 is 3.09 bits per heavy atom. The fourth-order valence-electron chi connectivity index (χ4n) is 2.99. The zero-order chi connectivity index (χ0) is 15.4. The van der Waals surface area contributed by atoms with Gasteiger partial charge in [0.05, 0.1) is 5.57 Å². The summed E-state index contributed by atoms with van der Waals surface area (Å²) in [4.78, 5) is 29.4. The van der Waals surface area contributed by atoms with Gasteiger partial charge in [0.2, 0.25) is 0 Å². The molecule has 1 aromatic heterocycles. The van der Waals surface area contributed by atoms with Crippen molar-refractivity contribution in [1.29, 1.82) is 0 Å². The average molecular weight is 334 g/mol. The van der Waals surface area contributed by atoms with Crippen LogP contribution in [0.15, 0.2) is 22.7 Å². The molecular formula is C15H14N2O3S2. The van der Waals surface area contributed by atoms with E-state index in [1.807, 2.05) is 6.08 Å². The van der Waals surface area contributed by atoms with Crippen molar-refractivity contribution in [2.75, 3.05) is 13.6 Å². The molecule has 1 saturated heterocycles. The summed E-state index contributed by atoms with van der Waals surface area (Å²) in [5.41, 5.74) is 2.13. The highest BCUT2D eigenvalue weighted by Crippen LogP contribution is 2.45. The zero-order valence-electron chi connectivity index (χ0n) is 11.9. The number of thiophene rings is 1. The Morgan fingerprint density at radius 2 is 2.32 bits per heavy atom. The number of carbonyl (C=O) groups is 2. The number of carbonyl (C=O) groups excluding carboxylic acids is 1. The molecule has 7 heteroatoms. The number of β-lactam (4-membered cyclic amide) rings is 1. The number of likely N-dealkylation sites (N-methyl/N-ethyl adjacent to an activating group) is 1. The molecule has 0 aromatic carbocycles. The second kappa shape index (κ2) is 4.97. The van der Waals surface area contributed by atoms with Crippen LogP contribution in [0.4, 0.5) is 0 Å². The van der Waals surface area contributed by atoms with Crippen LogP contribution in [0.3, 0.4) is 0 Å². The maximum absolute atomic E-state index is 12.2. The predicted molar refractivity (Wildman–Crippen MR) is 86.3 cm³/mol. The van der Waals surface area contributed by atoms with Crippen LogP contribution in [0.1, 0.15) is 15.3 Å². The molecule has 0 bridgehead atoms. The third-order valence-corrected chi connectivity index (χ3v) is 6.39. The highest BCUT2D eigenvalue weighted by Gasteiger charge is 2.49. The van der Waals surface area contributed by atoms with Crippen LogP contribution in [0.25, 0.3) is 6.08 Å². The quantitative estimate of drug-likeness (QED) is 0.662. The Hall–Kier alpha value is -1.57. The van der Waals surface area contributed by atoms with Crippen LogP contribution in [-0.4, -0.2) is 45.7 Å². The molecule has 1 N–H and O–H groups in total. The number of fused-ring (bicyclic) bond motifs is 2. The first-order valence-corrected chi connectivity index (χ1v) is 8.75. The Bertz CT molecular complexity index is 750. The molecule has 22 heavy (non-hydrogen) atoms. The second-order valence-electron chi connectivity index (χ2n) is 5.66. The number of carboxylic acid groups (broad SMARTS) is 1. The fourth-order valence-corrected chi connectivity index (χ4v) is 5.23. The zero-order valence-corrected chi connectivity index (χ0v) is 13.5. The third-order valence-electron chi connectivity index (χ3n) is 4.13. The van der Waals surface area contributed by atoms with E-state index in [0.717, 1.165) is 24.4 Å². The summed E-state index contributed by atoms with van der Waals surface area (Å²) < 4.78 is 0. The minimum Gasteiger partial charge on any atom is -0.477 e. The molecule has 3 aliphatic rings. The molecule has 3 aliphatic heterocycles. The number of carboxylic acids is 1. The molecule has 114 valence electrons. The number of rotatable bonds is 2. The van der Waals surface area contributed by atoms with Crippen molar-refractivity contribution in [2.24, 2.45) is 0 Å². The van der Waals surface area contributed by atoms with Crippen LogP contribution in [0.5, 0.6) is 0 Å². The first-order chi connectivity index (χ1) is 10.5. The summed E-state index contributed by atoms with van der Waals surface area (Å²) >= 11 is 3.13. The summed E-state index contributed by atoms with van der Waals surface area (Å²) in [6.07, 6.45) is 2.99. The van der Waals surface area contributed by atoms with Crippen molar-refractivity contribution in [3.05, 3.63) is 38.1 Å². The summed E-state index contributed by atoms with van der Waals surface area (Å²) in [5.74, 6) is -1.23. The minimum absolute atomic E-state index is 0.0873. The van der Waals surface area contributed by atoms with E-state index >= 15 is 0 Å². The van der Waals surface area contributed by atoms with Gasteiger partial charge in [-0.05, 0) is 31.2 Å². The number of thioether (sulfide) groups is 1. The Labute approximate surface area is 135 Å². The van der Waals surface area contributed by atoms with Gasteiger partial charge in [-0.25, -0.2) is 4.79 Å². The van der Waals surface area contributed by atoms with Crippen LogP contribution in [0.2, 0.25) is 0 Å². The fraction of sp³-hybridized carbons (Fsp3) is 0.333. The summed E-state index contributed by atoms with van der Waals surface area (Å²) in [5, 5.41) is 10.5. The van der Waals surface area contributed by atoms with E-state index in [9.17, 15) is 9.59 Å². The van der Waals surface area contributed by atoms with Crippen LogP contribution >= 0.6 is 23.1 Å². The first kappa shape index (κ1) is 14.0. The van der Waals surface area contributed by atoms with Gasteiger partial charge in [-0.15, -0.1) is 23.1 Å². The van der Waals surface area contributed by atoms with E-state index in [2.05, 4.69) is 18.0 Å². The smallest absolute Gasteiger partial charge is 0.353 e. The van der Waals surface area contributed by atoms with Gasteiger partial charge in [-0.1, -0.05) is 0 Å². The molecule has 5 nitrogen and oxygen atoms in total. The Kier molecular flexibility index (Phi) is 3.18. The van der Waals surface area contributed by atoms with Crippen molar-refractivity contribution < 1.29 is 14.7 Å². The highest BCUT2D eigenvalue weighted by molar-refractivity contribution is 8.03. The molecule has 1 fully saturated rings. The molecule has 4 heterocycles. The van der Waals surface area contributed by atoms with Gasteiger partial charge in [-0.3, -0.25) is 9.69 Å². The lowest BCUT2D eigenvalue weighted by molar-refractivity contribution is -0.141. The van der Waals surface area contributed by atoms with Crippen molar-refractivity contribution in [1.82, 2.24) is 9.80 Å². The Balaban J connectivity index is 1.59. The lowest BCUT2D eigenvalue weighted by Crippen LogP contribution is -2.51. The number of nitrogens with zero attached hydrogens (tertiary/aromatic N) is 2. The molecule has 0 aliphatic carbocycles. The van der Waals surface area contributed by atoms with E-state index in [1.54, 1.807) is 16.7 Å². The number of hydrogen-bond acceptors (Lipinski definition) is 5. The van der Waals surface area contributed by atoms with E-state index in [4.69, 9.17) is 5.11 Å². The van der Waals surface area contributed by atoms with E-state index < -0.39 is 5.97 Å². The monoisotopic (exact) mass is 334 g/mol. The van der Waals surface area contributed by atoms with Crippen molar-refractivity contribution >= 4 is 41.1 Å². The summed E-state index contributed by atoms with van der Waals surface area (Å²) in [6, 6.07) is 2.16. The molecule has 0 radical (unpaired) electrons. The topological polar surface area (TPSA) is 60.9 Å². The summed E-state index contributed by atoms with van der Waals surface area (Å²) in [6.45, 7) is 2.03. The Morgan fingerprint density at radius 1 is 1.50 bits per heavy atom. The molecule has 1 amide bonds. The van der Waals surface area contributed by atoms with E-state index in [0.29, 0.717) is 5.57 Å². The molecular weight excluding hydrogens is 320 g/mol. The van der Waals surface area contributed by atoms with Crippen LogP contribution < -0.4 is 0 Å². The van der Waals surface area contributed by atoms with Crippen LogP contribution in [-0.2, 0) is 22.6 Å². The van der Waals surface area contributed by atoms with E-state index in [-0.39, 0.29) is 17.0 Å². The van der Waals surface area contributed by atoms with Crippen molar-refractivity contribution in [3.8, 4) is 0 Å². The lowest BCUT2D eigenvalue weighted by Gasteiger charge is -2.37. The molecule has 0 saturated carbocycles. The molecule has 1 atom stereocenters. The van der Waals surface area contributed by atoms with Gasteiger partial charge in [0.25, 0.3) is 5.91 Å². The van der Waals surface area contributed by atoms with Gasteiger partial charge in [-0.2, -0.15) is 0 Å². The standard InChI is InChI=1S/C15H14N2O3S2/c1-16-3-2-12-8(6-16)4-9(22-12)5-10-13(18)17-11(15(19)20)7-21-14(10)17/h4-5,7,14H,2-3,6H2,1H3,(H,19,20). The van der Waals surface area contributed by atoms with Crippen LogP contribution in [0, 0.1) is 0 Å². The largest absolute Gasteiger partial charge is 0.477 e. The van der Waals surface area contributed by atoms with Gasteiger partial charge in [0.15, 0.2) is 0 Å². The van der Waals surface area contributed by atoms with Gasteiger partial charge in [0, 0.05) is 28.3 Å². The second-order valence-corrected chi connectivity index (χ2v) is 7.78. The van der Waals surface area contributed by atoms with Gasteiger partial charge < -0.3 is 10.0 Å². The number of aliphatic carboxylic acids is 1. The highest BCUT2D eigenvalue weighted by atomic mass is 32.2. The molecule has 4 rings (SSSR count). The number of amides is 1. The molecule has 1 unspecified atom stereocenters. The molecule has 0 spiro atoms. The third kappa shape index (κ3) is 2.04. The van der Waals surface area contributed by atoms with Gasteiger partial charge in [0.1, 0.15) is 11.1 Å². The lowest BCUT2D eigenvalue weighted by atomic mass is 10.0. The predicted octanol–water partition coefficient (Wildman–Crippen LogP) is 1.96. The van der Waals surface area contributed by atoms with Gasteiger partial charge >= 0.3 is 5.97 Å². The average Bonchev–Trinajstić information content (AvgIpc) is 3.05. The van der Waals surface area contributed by atoms with Crippen molar-refractivity contribution in [2.45, 2.75) is 18.3 Å². The molecule has 1 aromatic rings. The number of hydrogen-bond donors (Lipinski definition) is 1. The van der Waals surface area contributed by atoms with E-state index in [1.165, 1.54) is 27.1 Å². The van der Waals surface area contributed by atoms with Crippen molar-refractivity contribution in [3.63, 3.8) is 0 Å².